The van der Waals surface area contributed by atoms with Gasteiger partial charge in [0.2, 0.25) is 0 Å². The second-order valence-corrected chi connectivity index (χ2v) is 6.17. The number of hydrogen-bond acceptors (Lipinski definition) is 3. The van der Waals surface area contributed by atoms with Crippen molar-refractivity contribution >= 4 is 5.69 Å². The van der Waals surface area contributed by atoms with E-state index >= 15 is 0 Å². The number of aliphatic hydroxyl groups is 1. The Morgan fingerprint density at radius 3 is 1.88 bits per heavy atom. The molecule has 0 aromatic heterocycles. The van der Waals surface area contributed by atoms with Gasteiger partial charge < -0.3 is 14.7 Å². The minimum Gasteiger partial charge on any atom is -0.495 e. The molecule has 3 aromatic rings. The maximum absolute atomic E-state index is 9.45. The average Bonchev–Trinajstić information content (AvgIpc) is 2.72. The summed E-state index contributed by atoms with van der Waals surface area (Å²) >= 11 is 0. The molecule has 3 rings (SSSR count). The number of anilines is 1. The van der Waals surface area contributed by atoms with Gasteiger partial charge >= 0.3 is 0 Å². The Morgan fingerprint density at radius 2 is 1.35 bits per heavy atom. The first-order valence-corrected chi connectivity index (χ1v) is 8.95. The van der Waals surface area contributed by atoms with E-state index in [0.29, 0.717) is 6.42 Å². The van der Waals surface area contributed by atoms with E-state index in [9.17, 15) is 5.11 Å². The summed E-state index contributed by atoms with van der Waals surface area (Å²) in [5.41, 5.74) is 3.45. The average molecular weight is 347 g/mol. The number of para-hydroxylation sites is 2. The summed E-state index contributed by atoms with van der Waals surface area (Å²) in [6, 6.07) is 29.0. The Labute approximate surface area is 155 Å². The first-order valence-electron chi connectivity index (χ1n) is 8.95. The van der Waals surface area contributed by atoms with Gasteiger partial charge in [-0.05, 0) is 29.7 Å². The molecule has 0 spiro atoms. The van der Waals surface area contributed by atoms with Gasteiger partial charge in [-0.3, -0.25) is 0 Å². The van der Waals surface area contributed by atoms with Crippen molar-refractivity contribution in [3.63, 3.8) is 0 Å². The molecule has 0 aliphatic heterocycles. The van der Waals surface area contributed by atoms with Crippen LogP contribution in [0.3, 0.4) is 0 Å². The SMILES string of the molecule is COc1ccccc1N(CCCO)C(c1ccccc1)c1ccccc1. The van der Waals surface area contributed by atoms with Gasteiger partial charge in [0.1, 0.15) is 5.75 Å². The molecule has 0 bridgehead atoms. The van der Waals surface area contributed by atoms with E-state index in [1.54, 1.807) is 7.11 Å². The van der Waals surface area contributed by atoms with Gasteiger partial charge in [0, 0.05) is 13.2 Å². The monoisotopic (exact) mass is 347 g/mol. The first kappa shape index (κ1) is 18.0. The molecule has 26 heavy (non-hydrogen) atoms. The highest BCUT2D eigenvalue weighted by molar-refractivity contribution is 5.61. The first-order chi connectivity index (χ1) is 12.8. The highest BCUT2D eigenvalue weighted by Crippen LogP contribution is 2.37. The van der Waals surface area contributed by atoms with Crippen LogP contribution in [0.1, 0.15) is 23.6 Å². The molecule has 0 saturated carbocycles. The molecule has 0 fully saturated rings. The van der Waals surface area contributed by atoms with Crippen LogP contribution in [0.2, 0.25) is 0 Å². The van der Waals surface area contributed by atoms with Crippen molar-refractivity contribution in [2.24, 2.45) is 0 Å². The highest BCUT2D eigenvalue weighted by Gasteiger charge is 2.24. The van der Waals surface area contributed by atoms with E-state index in [-0.39, 0.29) is 12.6 Å². The van der Waals surface area contributed by atoms with Crippen molar-refractivity contribution in [1.29, 1.82) is 0 Å². The minimum absolute atomic E-state index is 0.0419. The van der Waals surface area contributed by atoms with E-state index in [0.717, 1.165) is 18.0 Å². The third kappa shape index (κ3) is 4.06. The van der Waals surface area contributed by atoms with Gasteiger partial charge in [-0.1, -0.05) is 72.8 Å². The summed E-state index contributed by atoms with van der Waals surface area (Å²) < 4.78 is 5.62. The number of methoxy groups -OCH3 is 1. The zero-order chi connectivity index (χ0) is 18.2. The Balaban J connectivity index is 2.13. The molecule has 0 unspecified atom stereocenters. The van der Waals surface area contributed by atoms with E-state index in [2.05, 4.69) is 59.5 Å². The normalized spacial score (nSPS) is 10.7. The maximum Gasteiger partial charge on any atom is 0.142 e. The van der Waals surface area contributed by atoms with Crippen molar-refractivity contribution in [2.75, 3.05) is 25.2 Å². The van der Waals surface area contributed by atoms with Gasteiger partial charge in [0.05, 0.1) is 18.8 Å². The molecule has 3 nitrogen and oxygen atoms in total. The van der Waals surface area contributed by atoms with Crippen LogP contribution in [-0.2, 0) is 0 Å². The van der Waals surface area contributed by atoms with E-state index in [1.807, 2.05) is 30.3 Å². The molecule has 3 aromatic carbocycles. The Kier molecular flexibility index (Phi) is 6.29. The summed E-state index contributed by atoms with van der Waals surface area (Å²) in [5.74, 6) is 0.835. The van der Waals surface area contributed by atoms with E-state index in [1.165, 1.54) is 11.1 Å². The zero-order valence-corrected chi connectivity index (χ0v) is 15.1. The van der Waals surface area contributed by atoms with Crippen LogP contribution in [0.4, 0.5) is 5.69 Å². The summed E-state index contributed by atoms with van der Waals surface area (Å²) in [4.78, 5) is 2.32. The van der Waals surface area contributed by atoms with Gasteiger partial charge in [-0.15, -0.1) is 0 Å². The van der Waals surface area contributed by atoms with Crippen LogP contribution in [0.5, 0.6) is 5.75 Å². The lowest BCUT2D eigenvalue weighted by Gasteiger charge is -2.35. The molecule has 0 atom stereocenters. The number of aliphatic hydroxyl groups excluding tert-OH is 1. The molecular weight excluding hydrogens is 322 g/mol. The maximum atomic E-state index is 9.45. The number of ether oxygens (including phenoxy) is 1. The van der Waals surface area contributed by atoms with Crippen molar-refractivity contribution in [3.8, 4) is 5.75 Å². The van der Waals surface area contributed by atoms with Crippen molar-refractivity contribution in [2.45, 2.75) is 12.5 Å². The molecule has 0 aliphatic carbocycles. The fraction of sp³-hybridized carbons (Fsp3) is 0.217. The number of benzene rings is 3. The van der Waals surface area contributed by atoms with Gasteiger partial charge in [0.25, 0.3) is 0 Å². The van der Waals surface area contributed by atoms with Crippen molar-refractivity contribution in [1.82, 2.24) is 0 Å². The van der Waals surface area contributed by atoms with Crippen LogP contribution < -0.4 is 9.64 Å². The lowest BCUT2D eigenvalue weighted by molar-refractivity contribution is 0.288. The van der Waals surface area contributed by atoms with Crippen LogP contribution >= 0.6 is 0 Å². The third-order valence-corrected chi connectivity index (χ3v) is 4.49. The predicted octanol–water partition coefficient (Wildman–Crippen LogP) is 4.67. The number of rotatable bonds is 8. The molecule has 3 heteroatoms. The largest absolute Gasteiger partial charge is 0.495 e. The number of hydrogen-bond donors (Lipinski definition) is 1. The molecule has 0 heterocycles. The molecule has 0 amide bonds. The lowest BCUT2D eigenvalue weighted by atomic mass is 9.96. The Bertz CT molecular complexity index is 750. The fourth-order valence-electron chi connectivity index (χ4n) is 3.32. The lowest BCUT2D eigenvalue weighted by Crippen LogP contribution is -2.31. The molecule has 0 saturated heterocycles. The summed E-state index contributed by atoms with van der Waals surface area (Å²) in [6.45, 7) is 0.882. The summed E-state index contributed by atoms with van der Waals surface area (Å²) in [5, 5.41) is 9.45. The molecule has 0 radical (unpaired) electrons. The topological polar surface area (TPSA) is 32.7 Å². The van der Waals surface area contributed by atoms with Gasteiger partial charge in [-0.25, -0.2) is 0 Å². The standard InChI is InChI=1S/C23H25NO2/c1-26-22-16-9-8-15-21(22)24(17-10-18-25)23(19-11-4-2-5-12-19)20-13-6-3-7-14-20/h2-9,11-16,23,25H,10,17-18H2,1H3. The quantitative estimate of drug-likeness (QED) is 0.642. The van der Waals surface area contributed by atoms with Crippen LogP contribution in [-0.4, -0.2) is 25.4 Å². The van der Waals surface area contributed by atoms with E-state index < -0.39 is 0 Å². The molecule has 134 valence electrons. The number of nitrogens with zero attached hydrogens (tertiary/aromatic N) is 1. The molecule has 1 N–H and O–H groups in total. The second-order valence-electron chi connectivity index (χ2n) is 6.17. The Hall–Kier alpha value is -2.78. The zero-order valence-electron chi connectivity index (χ0n) is 15.1. The van der Waals surface area contributed by atoms with Crippen molar-refractivity contribution in [3.05, 3.63) is 96.1 Å². The highest BCUT2D eigenvalue weighted by atomic mass is 16.5. The summed E-state index contributed by atoms with van der Waals surface area (Å²) in [7, 11) is 1.70. The van der Waals surface area contributed by atoms with Crippen LogP contribution in [0.15, 0.2) is 84.9 Å². The van der Waals surface area contributed by atoms with Crippen LogP contribution in [0.25, 0.3) is 0 Å². The minimum atomic E-state index is 0.0419. The van der Waals surface area contributed by atoms with Crippen LogP contribution in [0, 0.1) is 0 Å². The molecular formula is C23H25NO2. The van der Waals surface area contributed by atoms with Crippen molar-refractivity contribution < 1.29 is 9.84 Å². The fourth-order valence-corrected chi connectivity index (χ4v) is 3.32. The van der Waals surface area contributed by atoms with Gasteiger partial charge in [-0.2, -0.15) is 0 Å². The van der Waals surface area contributed by atoms with E-state index in [4.69, 9.17) is 4.74 Å². The predicted molar refractivity (Wildman–Crippen MR) is 107 cm³/mol. The molecule has 0 aliphatic rings. The summed E-state index contributed by atoms with van der Waals surface area (Å²) in [6.07, 6.45) is 0.689. The smallest absolute Gasteiger partial charge is 0.142 e. The Morgan fingerprint density at radius 1 is 0.808 bits per heavy atom. The van der Waals surface area contributed by atoms with Gasteiger partial charge in [0.15, 0.2) is 0 Å². The second kappa shape index (κ2) is 9.07. The third-order valence-electron chi connectivity index (χ3n) is 4.49.